The Balaban J connectivity index is 0. The molecule has 0 aromatic carbocycles. The summed E-state index contributed by atoms with van der Waals surface area (Å²) in [4.78, 5) is 0. The zero-order valence-corrected chi connectivity index (χ0v) is 29.9. The lowest BCUT2D eigenvalue weighted by atomic mass is 10.1. The van der Waals surface area contributed by atoms with E-state index in [0.29, 0.717) is 15.8 Å². The first-order chi connectivity index (χ1) is 18.7. The van der Waals surface area contributed by atoms with Gasteiger partial charge in [-0.2, -0.15) is 0 Å². The summed E-state index contributed by atoms with van der Waals surface area (Å²) < 4.78 is 0. The summed E-state index contributed by atoms with van der Waals surface area (Å²) in [6.07, 6.45) is 44.5. The predicted octanol–water partition coefficient (Wildman–Crippen LogP) is 14.4. The van der Waals surface area contributed by atoms with E-state index in [1.165, 1.54) is 154 Å². The fraction of sp³-hybridized carbons (Fsp3) is 1.00. The minimum Gasteiger partial charge on any atom is -0.107 e. The van der Waals surface area contributed by atoms with E-state index in [1.807, 2.05) is 0 Å². The summed E-state index contributed by atoms with van der Waals surface area (Å²) in [5.41, 5.74) is 0. The largest absolute Gasteiger partial charge is 0.107 e. The van der Waals surface area contributed by atoms with E-state index >= 15 is 0 Å². The Bertz CT molecular complexity index is 326. The molecular weight excluding hydrogens is 494 g/mol. The quantitative estimate of drug-likeness (QED) is 0.0593. The SMILES string of the molecule is CCCCCCCCP(CCCCCCCC)CCCCCCCC.CCCCP(CCCC)CCCC. The van der Waals surface area contributed by atoms with Crippen molar-refractivity contribution < 1.29 is 0 Å². The summed E-state index contributed by atoms with van der Waals surface area (Å²) in [5, 5.41) is 0. The van der Waals surface area contributed by atoms with Gasteiger partial charge >= 0.3 is 0 Å². The monoisotopic (exact) mass is 573 g/mol. The fourth-order valence-electron chi connectivity index (χ4n) is 5.16. The zero-order valence-electron chi connectivity index (χ0n) is 28.1. The number of hydrogen-bond acceptors (Lipinski definition) is 0. The molecule has 232 valence electrons. The molecule has 0 N–H and O–H groups in total. The number of rotatable bonds is 30. The third-order valence-electron chi connectivity index (χ3n) is 7.97. The highest BCUT2D eigenvalue weighted by Gasteiger charge is 2.08. The summed E-state index contributed by atoms with van der Waals surface area (Å²) in [6.45, 7) is 13.9. The molecule has 0 rings (SSSR count). The lowest BCUT2D eigenvalue weighted by Crippen LogP contribution is -1.97. The van der Waals surface area contributed by atoms with Gasteiger partial charge < -0.3 is 0 Å². The van der Waals surface area contributed by atoms with E-state index in [0.717, 1.165) is 0 Å². The van der Waals surface area contributed by atoms with Crippen LogP contribution in [0.3, 0.4) is 0 Å². The van der Waals surface area contributed by atoms with Crippen molar-refractivity contribution in [1.82, 2.24) is 0 Å². The highest BCUT2D eigenvalue weighted by Crippen LogP contribution is 2.40. The highest BCUT2D eigenvalue weighted by molar-refractivity contribution is 7.57. The standard InChI is InChI=1S/C24H51P.C12H27P/c1-4-7-10-13-16-19-22-25(23-20-17-14-11-8-5-2)24-21-18-15-12-9-6-3;1-4-7-10-13(11-8-5-2)12-9-6-3/h4-24H2,1-3H3;4-12H2,1-3H3. The summed E-state index contributed by atoms with van der Waals surface area (Å²) in [6, 6.07) is 0. The van der Waals surface area contributed by atoms with Gasteiger partial charge in [-0.3, -0.25) is 0 Å². The Kier molecular flexibility index (Phi) is 40.8. The molecule has 0 bridgehead atoms. The minimum atomic E-state index is 0.366. The van der Waals surface area contributed by atoms with Gasteiger partial charge in [0.25, 0.3) is 0 Å². The van der Waals surface area contributed by atoms with Crippen molar-refractivity contribution in [1.29, 1.82) is 0 Å². The first kappa shape index (κ1) is 41.0. The summed E-state index contributed by atoms with van der Waals surface area (Å²) >= 11 is 0. The molecule has 0 aliphatic rings. The minimum absolute atomic E-state index is 0.366. The molecule has 0 saturated carbocycles. The first-order valence-corrected chi connectivity index (χ1v) is 21.9. The van der Waals surface area contributed by atoms with Crippen LogP contribution < -0.4 is 0 Å². The van der Waals surface area contributed by atoms with Crippen molar-refractivity contribution in [2.24, 2.45) is 0 Å². The third kappa shape index (κ3) is 34.9. The summed E-state index contributed by atoms with van der Waals surface area (Å²) in [5.74, 6) is 0. The van der Waals surface area contributed by atoms with E-state index in [-0.39, 0.29) is 0 Å². The van der Waals surface area contributed by atoms with E-state index in [4.69, 9.17) is 0 Å². The first-order valence-electron chi connectivity index (χ1n) is 18.1. The van der Waals surface area contributed by atoms with Crippen LogP contribution in [0.1, 0.15) is 196 Å². The van der Waals surface area contributed by atoms with Crippen LogP contribution in [-0.4, -0.2) is 37.0 Å². The summed E-state index contributed by atoms with van der Waals surface area (Å²) in [7, 11) is 0.788. The van der Waals surface area contributed by atoms with Gasteiger partial charge in [-0.05, 0) is 75.5 Å². The van der Waals surface area contributed by atoms with Crippen LogP contribution in [0.5, 0.6) is 0 Å². The van der Waals surface area contributed by atoms with Gasteiger partial charge in [0.05, 0.1) is 0 Å². The van der Waals surface area contributed by atoms with Gasteiger partial charge in [-0.15, -0.1) is 15.8 Å². The molecule has 0 aliphatic heterocycles. The molecule has 0 aromatic heterocycles. The van der Waals surface area contributed by atoms with Gasteiger partial charge in [-0.25, -0.2) is 0 Å². The van der Waals surface area contributed by atoms with E-state index in [2.05, 4.69) is 41.5 Å². The van der Waals surface area contributed by atoms with Crippen molar-refractivity contribution in [2.45, 2.75) is 196 Å². The second kappa shape index (κ2) is 37.9. The molecule has 0 nitrogen and oxygen atoms in total. The topological polar surface area (TPSA) is 0 Å². The van der Waals surface area contributed by atoms with Crippen LogP contribution in [0.2, 0.25) is 0 Å². The lowest BCUT2D eigenvalue weighted by Gasteiger charge is -2.18. The van der Waals surface area contributed by atoms with Crippen molar-refractivity contribution in [3.63, 3.8) is 0 Å². The van der Waals surface area contributed by atoms with E-state index in [1.54, 1.807) is 37.0 Å². The van der Waals surface area contributed by atoms with Gasteiger partial charge in [0.1, 0.15) is 0 Å². The molecule has 0 heterocycles. The molecule has 0 unspecified atom stereocenters. The van der Waals surface area contributed by atoms with E-state index < -0.39 is 0 Å². The highest BCUT2D eigenvalue weighted by atomic mass is 31.1. The molecule has 0 aliphatic carbocycles. The zero-order chi connectivity index (χ0) is 28.4. The number of unbranched alkanes of at least 4 members (excludes halogenated alkanes) is 18. The maximum atomic E-state index is 2.32. The van der Waals surface area contributed by atoms with Gasteiger partial charge in [0, 0.05) is 0 Å². The Hall–Kier alpha value is 0.860. The van der Waals surface area contributed by atoms with Crippen LogP contribution in [0, 0.1) is 0 Å². The molecule has 0 radical (unpaired) electrons. The fourth-order valence-corrected chi connectivity index (χ4v) is 10.8. The van der Waals surface area contributed by atoms with Crippen molar-refractivity contribution >= 4 is 15.8 Å². The second-order valence-corrected chi connectivity index (χ2v) is 17.4. The smallest absolute Gasteiger partial charge is 0.0326 e. The Morgan fingerprint density at radius 3 is 0.632 bits per heavy atom. The normalized spacial score (nSPS) is 11.4. The van der Waals surface area contributed by atoms with Gasteiger partial charge in [0.2, 0.25) is 0 Å². The van der Waals surface area contributed by atoms with Gasteiger partial charge in [0.15, 0.2) is 0 Å². The molecule has 0 atom stereocenters. The maximum Gasteiger partial charge on any atom is -0.0326 e. The van der Waals surface area contributed by atoms with Crippen LogP contribution in [0.25, 0.3) is 0 Å². The molecule has 38 heavy (non-hydrogen) atoms. The molecule has 0 fully saturated rings. The average Bonchev–Trinajstić information content (AvgIpc) is 2.93. The van der Waals surface area contributed by atoms with Crippen molar-refractivity contribution in [2.75, 3.05) is 37.0 Å². The van der Waals surface area contributed by atoms with Crippen molar-refractivity contribution in [3.8, 4) is 0 Å². The maximum absolute atomic E-state index is 2.32. The molecule has 2 heteroatoms. The molecular formula is C36H78P2. The molecule has 0 aromatic rings. The average molecular weight is 573 g/mol. The lowest BCUT2D eigenvalue weighted by molar-refractivity contribution is 0.617. The Morgan fingerprint density at radius 1 is 0.211 bits per heavy atom. The van der Waals surface area contributed by atoms with Gasteiger partial charge in [-0.1, -0.05) is 157 Å². The van der Waals surface area contributed by atoms with Crippen LogP contribution in [-0.2, 0) is 0 Å². The van der Waals surface area contributed by atoms with E-state index in [9.17, 15) is 0 Å². The molecule has 0 spiro atoms. The molecule has 0 amide bonds. The predicted molar refractivity (Wildman–Crippen MR) is 188 cm³/mol. The van der Waals surface area contributed by atoms with Crippen LogP contribution >= 0.6 is 15.8 Å². The van der Waals surface area contributed by atoms with Crippen molar-refractivity contribution in [3.05, 3.63) is 0 Å². The van der Waals surface area contributed by atoms with Crippen LogP contribution in [0.15, 0.2) is 0 Å². The third-order valence-corrected chi connectivity index (χ3v) is 13.7. The Morgan fingerprint density at radius 2 is 0.395 bits per heavy atom. The number of hydrogen-bond donors (Lipinski definition) is 0. The molecule has 0 saturated heterocycles. The van der Waals surface area contributed by atoms with Crippen LogP contribution in [0.4, 0.5) is 0 Å². The second-order valence-electron chi connectivity index (χ2n) is 12.0. The Labute approximate surface area is 248 Å².